The first-order valence-corrected chi connectivity index (χ1v) is 12.1. The molecule has 2 N–H and O–H groups in total. The molecule has 2 aromatic carbocycles. The second-order valence-electron chi connectivity index (χ2n) is 10.1. The summed E-state index contributed by atoms with van der Waals surface area (Å²) in [4.78, 5) is 38.9. The number of carbonyl (C=O) groups is 3. The van der Waals surface area contributed by atoms with Crippen molar-refractivity contribution >= 4 is 18.0 Å². The molecule has 2 amide bonds. The van der Waals surface area contributed by atoms with Gasteiger partial charge in [-0.05, 0) is 41.5 Å². The fourth-order valence-corrected chi connectivity index (χ4v) is 5.61. The summed E-state index contributed by atoms with van der Waals surface area (Å²) < 4.78 is 5.62. The molecule has 7 heteroatoms. The zero-order valence-electron chi connectivity index (χ0n) is 19.9. The lowest BCUT2D eigenvalue weighted by atomic mass is 9.81. The van der Waals surface area contributed by atoms with Crippen LogP contribution in [0.5, 0.6) is 0 Å². The van der Waals surface area contributed by atoms with E-state index in [4.69, 9.17) is 4.74 Å². The van der Waals surface area contributed by atoms with Crippen molar-refractivity contribution in [2.24, 2.45) is 17.3 Å². The van der Waals surface area contributed by atoms with E-state index < -0.39 is 17.5 Å². The van der Waals surface area contributed by atoms with Gasteiger partial charge in [-0.1, -0.05) is 67.6 Å². The molecule has 1 saturated heterocycles. The molecule has 0 saturated carbocycles. The summed E-state index contributed by atoms with van der Waals surface area (Å²) in [7, 11) is 0. The average molecular weight is 475 g/mol. The Morgan fingerprint density at radius 2 is 1.69 bits per heavy atom. The van der Waals surface area contributed by atoms with Crippen molar-refractivity contribution in [1.29, 1.82) is 0 Å². The Morgan fingerprint density at radius 1 is 1.06 bits per heavy atom. The Kier molecular flexibility index (Phi) is 5.87. The summed E-state index contributed by atoms with van der Waals surface area (Å²) in [6.45, 7) is 4.43. The van der Waals surface area contributed by atoms with Crippen LogP contribution in [-0.2, 0) is 14.3 Å². The van der Waals surface area contributed by atoms with E-state index in [0.717, 1.165) is 11.1 Å². The van der Waals surface area contributed by atoms with Gasteiger partial charge in [0, 0.05) is 19.0 Å². The number of nitrogens with one attached hydrogen (secondary N) is 1. The van der Waals surface area contributed by atoms with Gasteiger partial charge in [-0.25, -0.2) is 4.79 Å². The molecular weight excluding hydrogens is 444 g/mol. The van der Waals surface area contributed by atoms with Crippen LogP contribution in [0.4, 0.5) is 4.79 Å². The molecule has 0 bridgehead atoms. The highest BCUT2D eigenvalue weighted by Gasteiger charge is 2.48. The molecule has 0 radical (unpaired) electrons. The molecule has 3 aliphatic rings. The summed E-state index contributed by atoms with van der Waals surface area (Å²) in [5.74, 6) is -1.48. The fraction of sp³-hybridized carbons (Fsp3) is 0.393. The molecule has 0 aromatic heterocycles. The maximum atomic E-state index is 13.0. The lowest BCUT2D eigenvalue weighted by Gasteiger charge is -2.23. The van der Waals surface area contributed by atoms with Gasteiger partial charge in [0.05, 0.1) is 17.4 Å². The van der Waals surface area contributed by atoms with Crippen LogP contribution >= 0.6 is 0 Å². The number of hydrogen-bond acceptors (Lipinski definition) is 4. The van der Waals surface area contributed by atoms with E-state index in [-0.39, 0.29) is 42.9 Å². The number of nitrogens with zero attached hydrogens (tertiary/aromatic N) is 1. The molecule has 7 nitrogen and oxygen atoms in total. The monoisotopic (exact) mass is 474 g/mol. The number of rotatable bonds is 5. The Morgan fingerprint density at radius 3 is 2.29 bits per heavy atom. The number of likely N-dealkylation sites (tertiary alicyclic amines) is 1. The number of carboxylic acids is 1. The number of hydrogen-bond donors (Lipinski definition) is 2. The van der Waals surface area contributed by atoms with Gasteiger partial charge in [0.25, 0.3) is 0 Å². The zero-order valence-corrected chi connectivity index (χ0v) is 19.9. The number of carbonyl (C=O) groups excluding carboxylic acids is 2. The molecule has 2 aliphatic carbocycles. The van der Waals surface area contributed by atoms with Crippen molar-refractivity contribution < 1.29 is 24.2 Å². The van der Waals surface area contributed by atoms with E-state index in [0.29, 0.717) is 13.0 Å². The van der Waals surface area contributed by atoms with Crippen LogP contribution in [0.2, 0.25) is 0 Å². The van der Waals surface area contributed by atoms with Crippen molar-refractivity contribution in [2.45, 2.75) is 32.2 Å². The van der Waals surface area contributed by atoms with Crippen molar-refractivity contribution in [3.63, 3.8) is 0 Å². The molecule has 1 fully saturated rings. The molecule has 2 aromatic rings. The second-order valence-corrected chi connectivity index (χ2v) is 10.1. The smallest absolute Gasteiger partial charge is 0.407 e. The summed E-state index contributed by atoms with van der Waals surface area (Å²) in [5.41, 5.74) is 3.72. The topological polar surface area (TPSA) is 95.9 Å². The van der Waals surface area contributed by atoms with Gasteiger partial charge >= 0.3 is 12.1 Å². The summed E-state index contributed by atoms with van der Waals surface area (Å²) in [5, 5.41) is 12.4. The summed E-state index contributed by atoms with van der Waals surface area (Å²) in [6.07, 6.45) is 3.55. The predicted molar refractivity (Wildman–Crippen MR) is 131 cm³/mol. The lowest BCUT2D eigenvalue weighted by Crippen LogP contribution is -2.39. The highest BCUT2D eigenvalue weighted by Crippen LogP contribution is 2.44. The minimum absolute atomic E-state index is 0.0118. The number of benzene rings is 2. The van der Waals surface area contributed by atoms with Gasteiger partial charge in [-0.3, -0.25) is 9.59 Å². The third-order valence-electron chi connectivity index (χ3n) is 7.95. The average Bonchev–Trinajstić information content (AvgIpc) is 3.52. The van der Waals surface area contributed by atoms with Crippen molar-refractivity contribution in [3.8, 4) is 11.1 Å². The molecule has 182 valence electrons. The van der Waals surface area contributed by atoms with Crippen molar-refractivity contribution in [3.05, 3.63) is 71.8 Å². The van der Waals surface area contributed by atoms with Gasteiger partial charge < -0.3 is 20.1 Å². The third-order valence-corrected chi connectivity index (χ3v) is 7.95. The number of amides is 2. The fourth-order valence-electron chi connectivity index (χ4n) is 5.61. The van der Waals surface area contributed by atoms with Gasteiger partial charge in [-0.15, -0.1) is 0 Å². The minimum atomic E-state index is -0.934. The molecule has 35 heavy (non-hydrogen) atoms. The summed E-state index contributed by atoms with van der Waals surface area (Å²) >= 11 is 0. The zero-order chi connectivity index (χ0) is 24.7. The maximum Gasteiger partial charge on any atom is 0.407 e. The van der Waals surface area contributed by atoms with Crippen LogP contribution in [0.15, 0.2) is 60.7 Å². The predicted octanol–water partition coefficient (Wildman–Crippen LogP) is 4.04. The number of fused-ring (bicyclic) bond motifs is 3. The molecule has 5 rings (SSSR count). The van der Waals surface area contributed by atoms with Gasteiger partial charge in [0.2, 0.25) is 5.91 Å². The van der Waals surface area contributed by atoms with E-state index in [1.54, 1.807) is 17.9 Å². The van der Waals surface area contributed by atoms with Crippen LogP contribution in [0.1, 0.15) is 37.3 Å². The van der Waals surface area contributed by atoms with E-state index in [1.165, 1.54) is 11.1 Å². The maximum absolute atomic E-state index is 13.0. The Labute approximate surface area is 204 Å². The van der Waals surface area contributed by atoms with Crippen LogP contribution in [0.3, 0.4) is 0 Å². The Hall–Kier alpha value is -3.61. The SMILES string of the molecule is C[C@@H]1CN(C(=O)C2C=CC(NC(=O)OCC3c4ccccc4-c4ccccc43)C2)C[C@@]1(C)C(=O)O. The lowest BCUT2D eigenvalue weighted by molar-refractivity contribution is -0.149. The minimum Gasteiger partial charge on any atom is -0.481 e. The Bertz CT molecular complexity index is 1160. The first-order chi connectivity index (χ1) is 16.8. The normalized spacial score (nSPS) is 26.9. The van der Waals surface area contributed by atoms with E-state index >= 15 is 0 Å². The van der Waals surface area contributed by atoms with E-state index in [2.05, 4.69) is 29.6 Å². The molecule has 0 spiro atoms. The van der Waals surface area contributed by atoms with E-state index in [9.17, 15) is 19.5 Å². The largest absolute Gasteiger partial charge is 0.481 e. The quantitative estimate of drug-likeness (QED) is 0.638. The molecule has 4 atom stereocenters. The third kappa shape index (κ3) is 4.09. The number of carboxylic acid groups (broad SMARTS) is 1. The highest BCUT2D eigenvalue weighted by atomic mass is 16.5. The van der Waals surface area contributed by atoms with Crippen molar-refractivity contribution in [2.75, 3.05) is 19.7 Å². The van der Waals surface area contributed by atoms with Crippen molar-refractivity contribution in [1.82, 2.24) is 10.2 Å². The van der Waals surface area contributed by atoms with Crippen LogP contribution in [-0.4, -0.2) is 53.7 Å². The number of ether oxygens (including phenoxy) is 1. The van der Waals surface area contributed by atoms with Crippen LogP contribution in [0.25, 0.3) is 11.1 Å². The molecule has 1 heterocycles. The highest BCUT2D eigenvalue weighted by molar-refractivity contribution is 5.84. The standard InChI is InChI=1S/C28H30N2O5/c1-17-14-30(16-28(17,2)26(32)33)25(31)18-11-12-19(13-18)29-27(34)35-15-24-22-9-5-3-7-20(22)21-8-4-6-10-23(21)24/h3-12,17-19,24H,13-16H2,1-2H3,(H,29,34)(H,32,33)/t17-,18?,19?,28-/m1/s1. The van der Waals surface area contributed by atoms with Crippen LogP contribution < -0.4 is 5.32 Å². The van der Waals surface area contributed by atoms with Crippen LogP contribution in [0, 0.1) is 17.3 Å². The van der Waals surface area contributed by atoms with Gasteiger partial charge in [0.1, 0.15) is 6.61 Å². The number of alkyl carbamates (subject to hydrolysis) is 1. The molecule has 2 unspecified atom stereocenters. The first kappa shape index (κ1) is 23.1. The van der Waals surface area contributed by atoms with Gasteiger partial charge in [-0.2, -0.15) is 0 Å². The first-order valence-electron chi connectivity index (χ1n) is 12.1. The Balaban J connectivity index is 1.15. The van der Waals surface area contributed by atoms with E-state index in [1.807, 2.05) is 37.3 Å². The summed E-state index contributed by atoms with van der Waals surface area (Å²) in [6, 6.07) is 16.1. The van der Waals surface area contributed by atoms with Gasteiger partial charge in [0.15, 0.2) is 0 Å². The number of aliphatic carboxylic acids is 1. The second kappa shape index (κ2) is 8.87. The molecular formula is C28H30N2O5. The molecule has 1 aliphatic heterocycles.